The third kappa shape index (κ3) is 6.42. The number of hydrogen-bond donors (Lipinski definition) is 2. The highest BCUT2D eigenvalue weighted by Crippen LogP contribution is 2.52. The highest BCUT2D eigenvalue weighted by atomic mass is 16.5. The lowest BCUT2D eigenvalue weighted by Crippen LogP contribution is -2.45. The molecular formula is C20H36BN4O. The van der Waals surface area contributed by atoms with Crippen LogP contribution in [0.5, 0.6) is 0 Å². The first kappa shape index (κ1) is 22.7. The Bertz CT molecular complexity index is 553. The maximum Gasteiger partial charge on any atom is 0.330 e. The summed E-state index contributed by atoms with van der Waals surface area (Å²) in [6, 6.07) is 8.46. The van der Waals surface area contributed by atoms with Crippen LogP contribution < -0.4 is 17.0 Å². The van der Waals surface area contributed by atoms with E-state index >= 15 is 0 Å². The van der Waals surface area contributed by atoms with Gasteiger partial charge in [0.25, 0.3) is 0 Å². The molecule has 0 bridgehead atoms. The Morgan fingerprint density at radius 1 is 1.23 bits per heavy atom. The molecule has 0 atom stereocenters. The summed E-state index contributed by atoms with van der Waals surface area (Å²) in [6.07, 6.45) is 2.68. The molecule has 4 N–H and O–H groups in total. The second-order valence-electron chi connectivity index (χ2n) is 8.30. The topological polar surface area (TPSA) is 76.9 Å². The fourth-order valence-electron chi connectivity index (χ4n) is 2.56. The lowest BCUT2D eigenvalue weighted by molar-refractivity contribution is -0.0213. The lowest BCUT2D eigenvalue weighted by Gasteiger charge is -2.42. The Hall–Kier alpha value is -1.37. The van der Waals surface area contributed by atoms with Crippen LogP contribution in [0.25, 0.3) is 0 Å². The second-order valence-corrected chi connectivity index (χ2v) is 8.30. The highest BCUT2D eigenvalue weighted by molar-refractivity contribution is 6.47. The van der Waals surface area contributed by atoms with Crippen molar-refractivity contribution >= 4 is 19.7 Å². The van der Waals surface area contributed by atoms with Gasteiger partial charge in [-0.2, -0.15) is 5.10 Å². The molecule has 1 aliphatic rings. The van der Waals surface area contributed by atoms with Crippen LogP contribution in [0.2, 0.25) is 0 Å². The monoisotopic (exact) mass is 359 g/mol. The zero-order valence-electron chi connectivity index (χ0n) is 17.3. The summed E-state index contributed by atoms with van der Waals surface area (Å²) < 4.78 is 6.10. The Morgan fingerprint density at radius 2 is 1.77 bits per heavy atom. The molecule has 1 fully saturated rings. The largest absolute Gasteiger partial charge is 0.429 e. The van der Waals surface area contributed by atoms with Gasteiger partial charge in [0, 0.05) is 13.3 Å². The van der Waals surface area contributed by atoms with Gasteiger partial charge in [-0.05, 0) is 57.4 Å². The highest BCUT2D eigenvalue weighted by Gasteiger charge is 2.48. The molecule has 1 aliphatic carbocycles. The molecule has 0 saturated heterocycles. The van der Waals surface area contributed by atoms with E-state index in [1.807, 2.05) is 33.5 Å². The number of benzene rings is 1. The van der Waals surface area contributed by atoms with Crippen molar-refractivity contribution in [2.75, 3.05) is 0 Å². The number of rotatable bonds is 8. The molecule has 0 spiro atoms. The molecule has 1 aromatic rings. The van der Waals surface area contributed by atoms with Crippen molar-refractivity contribution in [3.63, 3.8) is 0 Å². The van der Waals surface area contributed by atoms with Crippen LogP contribution in [0, 0.1) is 11.3 Å². The molecule has 6 heteroatoms. The maximum atomic E-state index is 6.10. The van der Waals surface area contributed by atoms with E-state index in [1.54, 1.807) is 0 Å². The van der Waals surface area contributed by atoms with Gasteiger partial charge in [-0.1, -0.05) is 43.6 Å². The van der Waals surface area contributed by atoms with Gasteiger partial charge in [0.15, 0.2) is 0 Å². The molecule has 0 heterocycles. The van der Waals surface area contributed by atoms with Gasteiger partial charge in [0.05, 0.1) is 11.6 Å². The van der Waals surface area contributed by atoms with E-state index in [1.165, 1.54) is 18.0 Å². The van der Waals surface area contributed by atoms with Gasteiger partial charge in [-0.3, -0.25) is 0 Å². The van der Waals surface area contributed by atoms with Crippen LogP contribution >= 0.6 is 0 Å². The molecule has 0 aliphatic heterocycles. The number of hydrogen-bond acceptors (Lipinski definition) is 5. The van der Waals surface area contributed by atoms with E-state index in [2.05, 4.69) is 51.6 Å². The van der Waals surface area contributed by atoms with Gasteiger partial charge in [0.1, 0.15) is 0 Å². The molecule has 26 heavy (non-hydrogen) atoms. The summed E-state index contributed by atoms with van der Waals surface area (Å²) in [5.41, 5.74) is 7.90. The quantitative estimate of drug-likeness (QED) is 0.324. The first-order chi connectivity index (χ1) is 12.0. The van der Waals surface area contributed by atoms with Crippen LogP contribution in [-0.4, -0.2) is 31.0 Å². The van der Waals surface area contributed by atoms with Gasteiger partial charge in [0.2, 0.25) is 0 Å². The predicted octanol–water partition coefficient (Wildman–Crippen LogP) is 2.81. The Kier molecular flexibility index (Phi) is 8.32. The number of hydrazone groups is 1. The normalized spacial score (nSPS) is 14.5. The van der Waals surface area contributed by atoms with E-state index in [-0.39, 0.29) is 17.1 Å². The van der Waals surface area contributed by atoms with E-state index in [4.69, 9.17) is 16.2 Å². The Labute approximate surface area is 160 Å². The molecule has 0 amide bonds. The molecule has 0 unspecified atom stereocenters. The fraction of sp³-hybridized carbons (Fsp3) is 0.650. The fourth-order valence-corrected chi connectivity index (χ4v) is 2.56. The molecule has 1 radical (unpaired) electrons. The zero-order chi connectivity index (χ0) is 20.0. The van der Waals surface area contributed by atoms with Gasteiger partial charge in [-0.15, -0.1) is 0 Å². The summed E-state index contributed by atoms with van der Waals surface area (Å²) in [7, 11) is 1.88. The number of hydrazine groups is 1. The minimum atomic E-state index is -0.152. The van der Waals surface area contributed by atoms with Crippen molar-refractivity contribution in [3.05, 3.63) is 29.8 Å². The van der Waals surface area contributed by atoms with Crippen molar-refractivity contribution in [3.8, 4) is 0 Å². The summed E-state index contributed by atoms with van der Waals surface area (Å²) in [6.45, 7) is 16.7. The molecule has 145 valence electrons. The smallest absolute Gasteiger partial charge is 0.330 e. The first-order valence-corrected chi connectivity index (χ1v) is 9.35. The summed E-state index contributed by atoms with van der Waals surface area (Å²) in [4.78, 5) is 0. The third-order valence-corrected chi connectivity index (χ3v) is 5.55. The Morgan fingerprint density at radius 3 is 2.12 bits per heavy atom. The molecule has 1 saturated carbocycles. The third-order valence-electron chi connectivity index (χ3n) is 5.55. The van der Waals surface area contributed by atoms with Crippen LogP contribution in [0.4, 0.5) is 0 Å². The van der Waals surface area contributed by atoms with Crippen LogP contribution in [-0.2, 0) is 11.2 Å². The first-order valence-electron chi connectivity index (χ1n) is 9.35. The second kappa shape index (κ2) is 9.54. The van der Waals surface area contributed by atoms with E-state index in [0.29, 0.717) is 6.54 Å². The van der Waals surface area contributed by atoms with Crippen molar-refractivity contribution in [2.45, 2.75) is 72.6 Å². The van der Waals surface area contributed by atoms with Crippen molar-refractivity contribution in [1.82, 2.24) is 5.12 Å². The predicted molar refractivity (Wildman–Crippen MR) is 112 cm³/mol. The van der Waals surface area contributed by atoms with Gasteiger partial charge in [-0.25, -0.2) is 11.0 Å². The van der Waals surface area contributed by atoms with Crippen LogP contribution in [0.1, 0.15) is 59.9 Å². The van der Waals surface area contributed by atoms with E-state index in [9.17, 15) is 0 Å². The van der Waals surface area contributed by atoms with Crippen molar-refractivity contribution in [1.29, 1.82) is 0 Å². The SMILES string of the molecule is C=NN(N)C(C)C.CC(C)(O[B]c1ccc(CN)cc1)C(C)(C)C1CC1. The average molecular weight is 359 g/mol. The van der Waals surface area contributed by atoms with Gasteiger partial charge >= 0.3 is 7.48 Å². The lowest BCUT2D eigenvalue weighted by atomic mass is 9.71. The summed E-state index contributed by atoms with van der Waals surface area (Å²) in [5.74, 6) is 6.02. The zero-order valence-corrected chi connectivity index (χ0v) is 17.3. The van der Waals surface area contributed by atoms with Crippen molar-refractivity contribution in [2.24, 2.45) is 28.0 Å². The summed E-state index contributed by atoms with van der Waals surface area (Å²) >= 11 is 0. The molecule has 1 aromatic carbocycles. The van der Waals surface area contributed by atoms with E-state index in [0.717, 1.165) is 16.9 Å². The number of nitrogens with two attached hydrogens (primary N) is 2. The van der Waals surface area contributed by atoms with Crippen molar-refractivity contribution < 1.29 is 4.65 Å². The molecule has 5 nitrogen and oxygen atoms in total. The van der Waals surface area contributed by atoms with Crippen LogP contribution in [0.15, 0.2) is 29.4 Å². The van der Waals surface area contributed by atoms with Crippen LogP contribution in [0.3, 0.4) is 0 Å². The molecule has 0 aromatic heterocycles. The minimum Gasteiger partial charge on any atom is -0.429 e. The number of nitrogens with zero attached hydrogens (tertiary/aromatic N) is 2. The summed E-state index contributed by atoms with van der Waals surface area (Å²) in [5, 5.41) is 4.75. The Balaban J connectivity index is 0.000000412. The molecular weight excluding hydrogens is 323 g/mol. The average Bonchev–Trinajstić information content (AvgIpc) is 3.45. The van der Waals surface area contributed by atoms with Gasteiger partial charge < -0.3 is 10.4 Å². The maximum absolute atomic E-state index is 6.10. The minimum absolute atomic E-state index is 0.152. The molecule has 2 rings (SSSR count). The standard InChI is InChI=1S/C16H25BNO.C4H11N3/c1-15(2,13-7-8-13)16(3,4)19-17-14-9-5-12(11-18)6-10-14;1-4(2)7(5)6-3/h5-6,9-10,13H,7-8,11,18H2,1-4H3;4H,3,5H2,1-2H3. The van der Waals surface area contributed by atoms with E-state index < -0.39 is 0 Å².